The molecule has 2 atom stereocenters. The molecule has 1 aromatic carbocycles. The SMILES string of the molecule is CC1CCCC(CC(=O)Nc2ccccc2N)C1. The molecular weight excluding hydrogens is 224 g/mol. The van der Waals surface area contributed by atoms with E-state index in [2.05, 4.69) is 12.2 Å². The van der Waals surface area contributed by atoms with Gasteiger partial charge in [0.25, 0.3) is 0 Å². The third kappa shape index (κ3) is 3.49. The van der Waals surface area contributed by atoms with Crippen molar-refractivity contribution in [1.29, 1.82) is 0 Å². The van der Waals surface area contributed by atoms with Gasteiger partial charge >= 0.3 is 0 Å². The summed E-state index contributed by atoms with van der Waals surface area (Å²) in [6.07, 6.45) is 5.55. The van der Waals surface area contributed by atoms with E-state index in [1.165, 1.54) is 25.7 Å². The van der Waals surface area contributed by atoms with Crippen molar-refractivity contribution in [1.82, 2.24) is 0 Å². The molecule has 18 heavy (non-hydrogen) atoms. The largest absolute Gasteiger partial charge is 0.397 e. The molecule has 1 aliphatic rings. The van der Waals surface area contributed by atoms with Crippen LogP contribution in [0.5, 0.6) is 0 Å². The second-order valence-corrected chi connectivity index (χ2v) is 5.48. The third-order valence-electron chi connectivity index (χ3n) is 3.75. The smallest absolute Gasteiger partial charge is 0.224 e. The maximum atomic E-state index is 12.0. The molecule has 0 aromatic heterocycles. The van der Waals surface area contributed by atoms with E-state index in [4.69, 9.17) is 5.73 Å². The highest BCUT2D eigenvalue weighted by Gasteiger charge is 2.21. The van der Waals surface area contributed by atoms with Crippen molar-refractivity contribution in [3.05, 3.63) is 24.3 Å². The van der Waals surface area contributed by atoms with Gasteiger partial charge in [-0.1, -0.05) is 31.9 Å². The Balaban J connectivity index is 1.87. The lowest BCUT2D eigenvalue weighted by molar-refractivity contribution is -0.117. The monoisotopic (exact) mass is 246 g/mol. The zero-order valence-corrected chi connectivity index (χ0v) is 11.0. The van der Waals surface area contributed by atoms with Gasteiger partial charge in [-0.25, -0.2) is 0 Å². The summed E-state index contributed by atoms with van der Waals surface area (Å²) in [6, 6.07) is 7.40. The topological polar surface area (TPSA) is 55.1 Å². The average molecular weight is 246 g/mol. The van der Waals surface area contributed by atoms with Crippen LogP contribution in [0.4, 0.5) is 11.4 Å². The number of carbonyl (C=O) groups excluding carboxylic acids is 1. The van der Waals surface area contributed by atoms with E-state index in [1.54, 1.807) is 6.07 Å². The molecular formula is C15H22N2O. The quantitative estimate of drug-likeness (QED) is 0.803. The average Bonchev–Trinajstić information content (AvgIpc) is 2.32. The predicted octanol–water partition coefficient (Wildman–Crippen LogP) is 3.42. The summed E-state index contributed by atoms with van der Waals surface area (Å²) in [5.41, 5.74) is 7.17. The van der Waals surface area contributed by atoms with Gasteiger partial charge in [0.2, 0.25) is 5.91 Å². The van der Waals surface area contributed by atoms with Crippen LogP contribution in [0.15, 0.2) is 24.3 Å². The second kappa shape index (κ2) is 5.89. The standard InChI is InChI=1S/C15H22N2O/c1-11-5-4-6-12(9-11)10-15(18)17-14-8-3-2-7-13(14)16/h2-3,7-8,11-12H,4-6,9-10,16H2,1H3,(H,17,18). The Labute approximate surface area is 109 Å². The van der Waals surface area contributed by atoms with E-state index >= 15 is 0 Å². The normalized spacial score (nSPS) is 23.6. The van der Waals surface area contributed by atoms with Gasteiger partial charge in [0, 0.05) is 6.42 Å². The van der Waals surface area contributed by atoms with E-state index < -0.39 is 0 Å². The van der Waals surface area contributed by atoms with E-state index in [1.807, 2.05) is 18.2 Å². The zero-order valence-electron chi connectivity index (χ0n) is 11.0. The number of nitrogens with one attached hydrogen (secondary N) is 1. The van der Waals surface area contributed by atoms with Crippen molar-refractivity contribution >= 4 is 17.3 Å². The van der Waals surface area contributed by atoms with Crippen LogP contribution in [-0.4, -0.2) is 5.91 Å². The highest BCUT2D eigenvalue weighted by molar-refractivity contribution is 5.93. The molecule has 1 fully saturated rings. The molecule has 3 heteroatoms. The Hall–Kier alpha value is -1.51. The fourth-order valence-corrected chi connectivity index (χ4v) is 2.82. The number of nitrogens with two attached hydrogens (primary N) is 1. The third-order valence-corrected chi connectivity index (χ3v) is 3.75. The molecule has 0 aliphatic heterocycles. The second-order valence-electron chi connectivity index (χ2n) is 5.48. The van der Waals surface area contributed by atoms with Crippen molar-refractivity contribution in [3.63, 3.8) is 0 Å². The number of amides is 1. The van der Waals surface area contributed by atoms with Crippen molar-refractivity contribution in [2.24, 2.45) is 11.8 Å². The lowest BCUT2D eigenvalue weighted by Crippen LogP contribution is -2.21. The van der Waals surface area contributed by atoms with Gasteiger partial charge in [0.1, 0.15) is 0 Å². The van der Waals surface area contributed by atoms with E-state index in [0.29, 0.717) is 18.0 Å². The summed E-state index contributed by atoms with van der Waals surface area (Å²) < 4.78 is 0. The van der Waals surface area contributed by atoms with Crippen molar-refractivity contribution in [3.8, 4) is 0 Å². The number of hydrogen-bond donors (Lipinski definition) is 2. The van der Waals surface area contributed by atoms with Crippen molar-refractivity contribution in [2.45, 2.75) is 39.0 Å². The minimum absolute atomic E-state index is 0.0898. The summed E-state index contributed by atoms with van der Waals surface area (Å²) in [7, 11) is 0. The molecule has 0 saturated heterocycles. The minimum Gasteiger partial charge on any atom is -0.397 e. The molecule has 0 radical (unpaired) electrons. The number of nitrogen functional groups attached to an aromatic ring is 1. The maximum Gasteiger partial charge on any atom is 0.224 e. The number of hydrogen-bond acceptors (Lipinski definition) is 2. The van der Waals surface area contributed by atoms with E-state index in [0.717, 1.165) is 11.6 Å². The first-order valence-electron chi connectivity index (χ1n) is 6.79. The maximum absolute atomic E-state index is 12.0. The van der Waals surface area contributed by atoms with Crippen LogP contribution in [0, 0.1) is 11.8 Å². The summed E-state index contributed by atoms with van der Waals surface area (Å²) >= 11 is 0. The van der Waals surface area contributed by atoms with Gasteiger partial charge in [-0.3, -0.25) is 4.79 Å². The molecule has 2 unspecified atom stereocenters. The Bertz CT molecular complexity index is 417. The van der Waals surface area contributed by atoms with Crippen LogP contribution >= 0.6 is 0 Å². The van der Waals surface area contributed by atoms with Crippen LogP contribution < -0.4 is 11.1 Å². The van der Waals surface area contributed by atoms with Crippen molar-refractivity contribution < 1.29 is 4.79 Å². The van der Waals surface area contributed by atoms with Gasteiger partial charge in [-0.2, -0.15) is 0 Å². The molecule has 1 amide bonds. The molecule has 1 aliphatic carbocycles. The van der Waals surface area contributed by atoms with Gasteiger partial charge in [0.05, 0.1) is 11.4 Å². The first-order chi connectivity index (χ1) is 8.65. The molecule has 2 rings (SSSR count). The Kier molecular flexibility index (Phi) is 4.24. The van der Waals surface area contributed by atoms with Crippen molar-refractivity contribution in [2.75, 3.05) is 11.1 Å². The number of benzene rings is 1. The fourth-order valence-electron chi connectivity index (χ4n) is 2.82. The molecule has 0 spiro atoms. The molecule has 3 N–H and O–H groups in total. The summed E-state index contributed by atoms with van der Waals surface area (Å²) in [6.45, 7) is 2.28. The Morgan fingerprint density at radius 3 is 2.89 bits per heavy atom. The summed E-state index contributed by atoms with van der Waals surface area (Å²) in [5.74, 6) is 1.39. The van der Waals surface area contributed by atoms with Gasteiger partial charge < -0.3 is 11.1 Å². The molecule has 1 aromatic rings. The first-order valence-corrected chi connectivity index (χ1v) is 6.79. The highest BCUT2D eigenvalue weighted by atomic mass is 16.1. The van der Waals surface area contributed by atoms with Gasteiger partial charge in [-0.05, 0) is 36.8 Å². The number of anilines is 2. The Morgan fingerprint density at radius 2 is 2.17 bits per heavy atom. The van der Waals surface area contributed by atoms with Crippen LogP contribution in [-0.2, 0) is 4.79 Å². The fraction of sp³-hybridized carbons (Fsp3) is 0.533. The molecule has 0 bridgehead atoms. The highest BCUT2D eigenvalue weighted by Crippen LogP contribution is 2.31. The summed E-state index contributed by atoms with van der Waals surface area (Å²) in [5, 5.41) is 2.91. The predicted molar refractivity (Wildman–Crippen MR) is 75.2 cm³/mol. The first kappa shape index (κ1) is 12.9. The minimum atomic E-state index is 0.0898. The number of rotatable bonds is 3. The van der Waals surface area contributed by atoms with Crippen LogP contribution in [0.3, 0.4) is 0 Å². The summed E-state index contributed by atoms with van der Waals surface area (Å²) in [4.78, 5) is 12.0. The molecule has 98 valence electrons. The van der Waals surface area contributed by atoms with Gasteiger partial charge in [0.15, 0.2) is 0 Å². The number of carbonyl (C=O) groups is 1. The van der Waals surface area contributed by atoms with E-state index in [9.17, 15) is 4.79 Å². The Morgan fingerprint density at radius 1 is 1.39 bits per heavy atom. The lowest BCUT2D eigenvalue weighted by atomic mass is 9.81. The number of para-hydroxylation sites is 2. The molecule has 0 heterocycles. The van der Waals surface area contributed by atoms with E-state index in [-0.39, 0.29) is 5.91 Å². The van der Waals surface area contributed by atoms with Gasteiger partial charge in [-0.15, -0.1) is 0 Å². The van der Waals surface area contributed by atoms with Crippen LogP contribution in [0.25, 0.3) is 0 Å². The zero-order chi connectivity index (χ0) is 13.0. The van der Waals surface area contributed by atoms with Crippen LogP contribution in [0.1, 0.15) is 39.0 Å². The lowest BCUT2D eigenvalue weighted by Gasteiger charge is -2.26. The molecule has 1 saturated carbocycles. The van der Waals surface area contributed by atoms with Crippen LogP contribution in [0.2, 0.25) is 0 Å². The molecule has 3 nitrogen and oxygen atoms in total.